The predicted octanol–water partition coefficient (Wildman–Crippen LogP) is 3.40. The summed E-state index contributed by atoms with van der Waals surface area (Å²) >= 11 is 0. The molecule has 0 aliphatic rings. The Morgan fingerprint density at radius 3 is 2.52 bits per heavy atom. The molecular formula is C17H17F4N3O3. The van der Waals surface area contributed by atoms with Crippen molar-refractivity contribution in [3.8, 4) is 5.69 Å². The average Bonchev–Trinajstić information content (AvgIpc) is 3.04. The standard InChI is InChI=1S/C17H17F4N3O3/c1-2-3-7-12(16(26)27)23-15(25)10-9-22-24(14(10)17(19,20)21)13-8-5-4-6-11(13)18/h4-6,8-9,12H,2-3,7H2,1H3,(H,23,25)(H,26,27)/t12-/m0/s1. The van der Waals surface area contributed by atoms with Crippen molar-refractivity contribution in [3.05, 3.63) is 47.5 Å². The molecule has 0 saturated heterocycles. The van der Waals surface area contributed by atoms with Gasteiger partial charge in [-0.1, -0.05) is 31.9 Å². The van der Waals surface area contributed by atoms with Gasteiger partial charge in [0.2, 0.25) is 0 Å². The molecule has 27 heavy (non-hydrogen) atoms. The van der Waals surface area contributed by atoms with Gasteiger partial charge in [-0.05, 0) is 18.6 Å². The summed E-state index contributed by atoms with van der Waals surface area (Å²) < 4.78 is 54.8. The minimum Gasteiger partial charge on any atom is -0.480 e. The van der Waals surface area contributed by atoms with Crippen LogP contribution >= 0.6 is 0 Å². The number of hydrogen-bond acceptors (Lipinski definition) is 3. The number of benzene rings is 1. The highest BCUT2D eigenvalue weighted by Gasteiger charge is 2.41. The second-order valence-electron chi connectivity index (χ2n) is 5.77. The second-order valence-corrected chi connectivity index (χ2v) is 5.77. The first kappa shape index (κ1) is 20.4. The van der Waals surface area contributed by atoms with Crippen LogP contribution in [-0.2, 0) is 11.0 Å². The molecule has 0 saturated carbocycles. The molecule has 1 amide bonds. The summed E-state index contributed by atoms with van der Waals surface area (Å²) in [6.07, 6.45) is -3.19. The zero-order valence-electron chi connectivity index (χ0n) is 14.3. The molecule has 1 heterocycles. The SMILES string of the molecule is CCCC[C@H](NC(=O)c1cnn(-c2ccccc2F)c1C(F)(F)F)C(=O)O. The van der Waals surface area contributed by atoms with Gasteiger partial charge < -0.3 is 10.4 Å². The van der Waals surface area contributed by atoms with Gasteiger partial charge in [-0.15, -0.1) is 0 Å². The molecule has 6 nitrogen and oxygen atoms in total. The molecular weight excluding hydrogens is 370 g/mol. The number of hydrogen-bond donors (Lipinski definition) is 2. The zero-order chi connectivity index (χ0) is 20.2. The first-order valence-corrected chi connectivity index (χ1v) is 8.10. The number of unbranched alkanes of at least 4 members (excludes halogenated alkanes) is 1. The summed E-state index contributed by atoms with van der Waals surface area (Å²) in [5.41, 5.74) is -2.84. The molecule has 2 aromatic rings. The van der Waals surface area contributed by atoms with Gasteiger partial charge in [-0.3, -0.25) is 4.79 Å². The molecule has 146 valence electrons. The highest BCUT2D eigenvalue weighted by atomic mass is 19.4. The van der Waals surface area contributed by atoms with Gasteiger partial charge in [0.25, 0.3) is 5.91 Å². The zero-order valence-corrected chi connectivity index (χ0v) is 14.3. The Morgan fingerprint density at radius 2 is 1.96 bits per heavy atom. The van der Waals surface area contributed by atoms with E-state index in [-0.39, 0.29) is 11.1 Å². The maximum absolute atomic E-state index is 13.9. The minimum absolute atomic E-state index is 0.0698. The second kappa shape index (κ2) is 8.19. The minimum atomic E-state index is -5.02. The fraction of sp³-hybridized carbons (Fsp3) is 0.353. The molecule has 0 fully saturated rings. The van der Waals surface area contributed by atoms with Crippen LogP contribution in [0.3, 0.4) is 0 Å². The van der Waals surface area contributed by atoms with Crippen LogP contribution in [0.4, 0.5) is 17.6 Å². The highest BCUT2D eigenvalue weighted by molar-refractivity contribution is 5.97. The predicted molar refractivity (Wildman–Crippen MR) is 86.9 cm³/mol. The molecule has 1 aromatic carbocycles. The van der Waals surface area contributed by atoms with Gasteiger partial charge in [0.05, 0.1) is 11.8 Å². The topological polar surface area (TPSA) is 84.2 Å². The lowest BCUT2D eigenvalue weighted by Gasteiger charge is -2.16. The van der Waals surface area contributed by atoms with Crippen molar-refractivity contribution in [1.29, 1.82) is 0 Å². The van der Waals surface area contributed by atoms with Crippen LogP contribution in [0.1, 0.15) is 42.2 Å². The Balaban J connectivity index is 2.44. The van der Waals surface area contributed by atoms with Crippen molar-refractivity contribution in [2.75, 3.05) is 0 Å². The number of para-hydroxylation sites is 1. The van der Waals surface area contributed by atoms with Crippen molar-refractivity contribution in [2.45, 2.75) is 38.4 Å². The third-order valence-corrected chi connectivity index (χ3v) is 3.81. The van der Waals surface area contributed by atoms with E-state index in [9.17, 15) is 27.2 Å². The summed E-state index contributed by atoms with van der Waals surface area (Å²) in [4.78, 5) is 23.5. The summed E-state index contributed by atoms with van der Waals surface area (Å²) in [5.74, 6) is -3.55. The van der Waals surface area contributed by atoms with Crippen molar-refractivity contribution >= 4 is 11.9 Å². The maximum Gasteiger partial charge on any atom is 0.434 e. The lowest BCUT2D eigenvalue weighted by molar-refractivity contribution is -0.143. The Morgan fingerprint density at radius 1 is 1.30 bits per heavy atom. The number of halogens is 4. The Kier molecular flexibility index (Phi) is 6.19. The van der Waals surface area contributed by atoms with Crippen LogP contribution in [-0.4, -0.2) is 32.8 Å². The summed E-state index contributed by atoms with van der Waals surface area (Å²) in [7, 11) is 0. The van der Waals surface area contributed by atoms with E-state index in [0.29, 0.717) is 19.0 Å². The van der Waals surface area contributed by atoms with Crippen molar-refractivity contribution in [1.82, 2.24) is 15.1 Å². The number of amides is 1. The summed E-state index contributed by atoms with van der Waals surface area (Å²) in [5, 5.41) is 14.7. The van der Waals surface area contributed by atoms with Gasteiger partial charge in [0.1, 0.15) is 17.5 Å². The van der Waals surface area contributed by atoms with Crippen molar-refractivity contribution < 1.29 is 32.3 Å². The van der Waals surface area contributed by atoms with E-state index in [0.717, 1.165) is 12.1 Å². The number of carbonyl (C=O) groups is 2. The van der Waals surface area contributed by atoms with E-state index in [4.69, 9.17) is 5.11 Å². The van der Waals surface area contributed by atoms with E-state index in [2.05, 4.69) is 10.4 Å². The smallest absolute Gasteiger partial charge is 0.434 e. The first-order chi connectivity index (χ1) is 12.7. The third kappa shape index (κ3) is 4.63. The number of carboxylic acids is 1. The quantitative estimate of drug-likeness (QED) is 0.714. The number of nitrogens with zero attached hydrogens (tertiary/aromatic N) is 2. The number of carboxylic acid groups (broad SMARTS) is 1. The molecule has 10 heteroatoms. The van der Waals surface area contributed by atoms with E-state index >= 15 is 0 Å². The number of rotatable bonds is 7. The molecule has 0 aliphatic heterocycles. The molecule has 0 spiro atoms. The molecule has 2 N–H and O–H groups in total. The van der Waals surface area contributed by atoms with E-state index in [1.54, 1.807) is 6.92 Å². The molecule has 1 aromatic heterocycles. The van der Waals surface area contributed by atoms with Gasteiger partial charge >= 0.3 is 12.1 Å². The first-order valence-electron chi connectivity index (χ1n) is 8.10. The van der Waals surface area contributed by atoms with E-state index < -0.39 is 46.9 Å². The van der Waals surface area contributed by atoms with Crippen LogP contribution in [0.5, 0.6) is 0 Å². The number of aliphatic carboxylic acids is 1. The van der Waals surface area contributed by atoms with Gasteiger partial charge in [-0.25, -0.2) is 13.9 Å². The van der Waals surface area contributed by atoms with Crippen LogP contribution in [0, 0.1) is 5.82 Å². The lowest BCUT2D eigenvalue weighted by Crippen LogP contribution is -2.41. The summed E-state index contributed by atoms with van der Waals surface area (Å²) in [6, 6.07) is 3.33. The Hall–Kier alpha value is -2.91. The molecule has 2 rings (SSSR count). The lowest BCUT2D eigenvalue weighted by atomic mass is 10.1. The molecule has 0 radical (unpaired) electrons. The van der Waals surface area contributed by atoms with Crippen LogP contribution < -0.4 is 5.32 Å². The van der Waals surface area contributed by atoms with Crippen molar-refractivity contribution in [3.63, 3.8) is 0 Å². The normalized spacial score (nSPS) is 12.6. The monoisotopic (exact) mass is 387 g/mol. The molecule has 1 atom stereocenters. The fourth-order valence-corrected chi connectivity index (χ4v) is 2.50. The maximum atomic E-state index is 13.9. The van der Waals surface area contributed by atoms with Gasteiger partial charge in [0.15, 0.2) is 5.69 Å². The Bertz CT molecular complexity index is 833. The molecule has 0 bridgehead atoms. The number of alkyl halides is 3. The molecule has 0 aliphatic carbocycles. The Labute approximate surface area is 151 Å². The van der Waals surface area contributed by atoms with Gasteiger partial charge in [-0.2, -0.15) is 18.3 Å². The number of nitrogens with one attached hydrogen (secondary N) is 1. The van der Waals surface area contributed by atoms with Crippen LogP contribution in [0.25, 0.3) is 5.69 Å². The molecule has 0 unspecified atom stereocenters. The summed E-state index contributed by atoms with van der Waals surface area (Å²) in [6.45, 7) is 1.81. The average molecular weight is 387 g/mol. The largest absolute Gasteiger partial charge is 0.480 e. The van der Waals surface area contributed by atoms with Crippen LogP contribution in [0.15, 0.2) is 30.5 Å². The number of carbonyl (C=O) groups excluding carboxylic acids is 1. The number of aromatic nitrogens is 2. The van der Waals surface area contributed by atoms with E-state index in [1.807, 2.05) is 0 Å². The van der Waals surface area contributed by atoms with Gasteiger partial charge in [0, 0.05) is 0 Å². The third-order valence-electron chi connectivity index (χ3n) is 3.81. The van der Waals surface area contributed by atoms with E-state index in [1.165, 1.54) is 12.1 Å². The fourth-order valence-electron chi connectivity index (χ4n) is 2.50. The van der Waals surface area contributed by atoms with Crippen molar-refractivity contribution in [2.24, 2.45) is 0 Å². The highest BCUT2D eigenvalue weighted by Crippen LogP contribution is 2.34. The van der Waals surface area contributed by atoms with Crippen LogP contribution in [0.2, 0.25) is 0 Å².